The standard InChI is InChI=1S/C8H10BN3/c9-7-5-11-8(6-10-7)12-3-1-2-4-12/h5-6H,1-4H2. The topological polar surface area (TPSA) is 29.0 Å². The van der Waals surface area contributed by atoms with E-state index in [4.69, 9.17) is 7.85 Å². The van der Waals surface area contributed by atoms with Crippen LogP contribution in [0.25, 0.3) is 0 Å². The molecule has 0 aromatic carbocycles. The fourth-order valence-electron chi connectivity index (χ4n) is 1.44. The minimum atomic E-state index is 0.484. The highest BCUT2D eigenvalue weighted by Gasteiger charge is 2.12. The molecule has 0 unspecified atom stereocenters. The summed E-state index contributed by atoms with van der Waals surface area (Å²) in [5.74, 6) is 0.946. The average Bonchev–Trinajstić information content (AvgIpc) is 2.58. The molecule has 0 spiro atoms. The molecule has 2 rings (SSSR count). The van der Waals surface area contributed by atoms with E-state index < -0.39 is 0 Å². The molecule has 1 fully saturated rings. The van der Waals surface area contributed by atoms with Crippen molar-refractivity contribution in [1.29, 1.82) is 0 Å². The van der Waals surface area contributed by atoms with E-state index >= 15 is 0 Å². The zero-order valence-electron chi connectivity index (χ0n) is 6.90. The monoisotopic (exact) mass is 159 g/mol. The first-order valence-electron chi connectivity index (χ1n) is 4.19. The quantitative estimate of drug-likeness (QED) is 0.534. The first-order chi connectivity index (χ1) is 5.86. The van der Waals surface area contributed by atoms with E-state index in [0.717, 1.165) is 18.9 Å². The number of aromatic nitrogens is 2. The molecule has 0 saturated carbocycles. The van der Waals surface area contributed by atoms with Gasteiger partial charge in [0.15, 0.2) is 0 Å². The molecular formula is C8H10BN3. The lowest BCUT2D eigenvalue weighted by atomic mass is 10.1. The van der Waals surface area contributed by atoms with Crippen molar-refractivity contribution in [2.75, 3.05) is 18.0 Å². The van der Waals surface area contributed by atoms with Gasteiger partial charge in [-0.05, 0) is 12.8 Å². The van der Waals surface area contributed by atoms with Gasteiger partial charge in [0.2, 0.25) is 0 Å². The second-order valence-corrected chi connectivity index (χ2v) is 2.99. The molecule has 0 N–H and O–H groups in total. The van der Waals surface area contributed by atoms with E-state index in [1.165, 1.54) is 12.8 Å². The van der Waals surface area contributed by atoms with Crippen molar-refractivity contribution in [3.05, 3.63) is 12.4 Å². The third-order valence-electron chi connectivity index (χ3n) is 2.09. The lowest BCUT2D eigenvalue weighted by Crippen LogP contribution is -2.21. The molecule has 1 aromatic heterocycles. The Morgan fingerprint density at radius 1 is 1.17 bits per heavy atom. The van der Waals surface area contributed by atoms with Crippen molar-refractivity contribution in [2.24, 2.45) is 0 Å². The van der Waals surface area contributed by atoms with Crippen LogP contribution >= 0.6 is 0 Å². The van der Waals surface area contributed by atoms with Crippen molar-refractivity contribution >= 4 is 19.3 Å². The van der Waals surface area contributed by atoms with Gasteiger partial charge in [0.25, 0.3) is 0 Å². The predicted molar refractivity (Wildman–Crippen MR) is 48.9 cm³/mol. The summed E-state index contributed by atoms with van der Waals surface area (Å²) in [6.45, 7) is 2.19. The minimum Gasteiger partial charge on any atom is -0.355 e. The molecule has 1 aromatic rings. The maximum atomic E-state index is 5.43. The lowest BCUT2D eigenvalue weighted by molar-refractivity contribution is 0.930. The Hall–Kier alpha value is -1.06. The first-order valence-corrected chi connectivity index (χ1v) is 4.19. The van der Waals surface area contributed by atoms with Gasteiger partial charge in [-0.25, -0.2) is 4.98 Å². The molecule has 0 atom stereocenters. The normalized spacial score (nSPS) is 16.8. The van der Waals surface area contributed by atoms with Crippen molar-refractivity contribution in [2.45, 2.75) is 12.8 Å². The second-order valence-electron chi connectivity index (χ2n) is 2.99. The Balaban J connectivity index is 2.17. The summed E-state index contributed by atoms with van der Waals surface area (Å²) in [7, 11) is 5.43. The summed E-state index contributed by atoms with van der Waals surface area (Å²) in [6, 6.07) is 0. The fraction of sp³-hybridized carbons (Fsp3) is 0.500. The Bertz CT molecular complexity index is 254. The van der Waals surface area contributed by atoms with Gasteiger partial charge in [-0.3, -0.25) is 4.98 Å². The van der Waals surface area contributed by atoms with E-state index in [9.17, 15) is 0 Å². The third kappa shape index (κ3) is 1.42. The van der Waals surface area contributed by atoms with Crippen LogP contribution in [0.3, 0.4) is 0 Å². The summed E-state index contributed by atoms with van der Waals surface area (Å²) < 4.78 is 0. The van der Waals surface area contributed by atoms with Gasteiger partial charge < -0.3 is 4.90 Å². The number of nitrogens with zero attached hydrogens (tertiary/aromatic N) is 3. The zero-order chi connectivity index (χ0) is 8.39. The van der Waals surface area contributed by atoms with Gasteiger partial charge in [0.1, 0.15) is 13.7 Å². The van der Waals surface area contributed by atoms with Crippen LogP contribution in [0, 0.1) is 0 Å². The van der Waals surface area contributed by atoms with Gasteiger partial charge in [0.05, 0.1) is 6.20 Å². The number of hydrogen-bond donors (Lipinski definition) is 0. The highest BCUT2D eigenvalue weighted by Crippen LogP contribution is 2.14. The van der Waals surface area contributed by atoms with Crippen LogP contribution in [0.5, 0.6) is 0 Å². The second kappa shape index (κ2) is 3.13. The van der Waals surface area contributed by atoms with E-state index in [-0.39, 0.29) is 0 Å². The average molecular weight is 159 g/mol. The molecule has 1 saturated heterocycles. The summed E-state index contributed by atoms with van der Waals surface area (Å²) >= 11 is 0. The zero-order valence-corrected chi connectivity index (χ0v) is 6.90. The Labute approximate surface area is 73.2 Å². The van der Waals surface area contributed by atoms with Crippen LogP contribution in [0.1, 0.15) is 12.8 Å². The van der Waals surface area contributed by atoms with Crippen molar-refractivity contribution in [3.63, 3.8) is 0 Å². The van der Waals surface area contributed by atoms with Crippen LogP contribution in [0.4, 0.5) is 5.82 Å². The van der Waals surface area contributed by atoms with E-state index in [1.807, 2.05) is 0 Å². The smallest absolute Gasteiger partial charge is 0.146 e. The number of rotatable bonds is 1. The summed E-state index contributed by atoms with van der Waals surface area (Å²) in [4.78, 5) is 10.4. The number of hydrogen-bond acceptors (Lipinski definition) is 3. The SMILES string of the molecule is [B]c1cnc(N2CCCC2)cn1. The van der Waals surface area contributed by atoms with E-state index in [1.54, 1.807) is 12.4 Å². The first kappa shape index (κ1) is 7.59. The Morgan fingerprint density at radius 2 is 1.92 bits per heavy atom. The maximum Gasteiger partial charge on any atom is 0.146 e. The van der Waals surface area contributed by atoms with Crippen LogP contribution in [0.15, 0.2) is 12.4 Å². The molecule has 2 radical (unpaired) electrons. The largest absolute Gasteiger partial charge is 0.355 e. The van der Waals surface area contributed by atoms with Crippen molar-refractivity contribution in [1.82, 2.24) is 9.97 Å². The fourth-order valence-corrected chi connectivity index (χ4v) is 1.44. The van der Waals surface area contributed by atoms with Crippen LogP contribution in [-0.4, -0.2) is 30.9 Å². The van der Waals surface area contributed by atoms with Crippen LogP contribution in [0.2, 0.25) is 0 Å². The van der Waals surface area contributed by atoms with Crippen LogP contribution in [-0.2, 0) is 0 Å². The minimum absolute atomic E-state index is 0.484. The molecule has 0 aliphatic carbocycles. The molecular weight excluding hydrogens is 149 g/mol. The Morgan fingerprint density at radius 3 is 2.50 bits per heavy atom. The van der Waals surface area contributed by atoms with Crippen LogP contribution < -0.4 is 10.5 Å². The molecule has 3 nitrogen and oxygen atoms in total. The molecule has 12 heavy (non-hydrogen) atoms. The van der Waals surface area contributed by atoms with Gasteiger partial charge in [-0.1, -0.05) is 0 Å². The maximum absolute atomic E-state index is 5.43. The summed E-state index contributed by atoms with van der Waals surface area (Å²) in [5, 5.41) is 0. The Kier molecular flexibility index (Phi) is 1.98. The van der Waals surface area contributed by atoms with Crippen molar-refractivity contribution < 1.29 is 0 Å². The van der Waals surface area contributed by atoms with Gasteiger partial charge >= 0.3 is 0 Å². The molecule has 0 bridgehead atoms. The lowest BCUT2D eigenvalue weighted by Gasteiger charge is -2.15. The van der Waals surface area contributed by atoms with E-state index in [2.05, 4.69) is 14.9 Å². The van der Waals surface area contributed by atoms with Gasteiger partial charge in [0, 0.05) is 24.9 Å². The highest BCUT2D eigenvalue weighted by atomic mass is 15.2. The summed E-state index contributed by atoms with van der Waals surface area (Å²) in [6.07, 6.45) is 5.85. The molecule has 1 aliphatic heterocycles. The highest BCUT2D eigenvalue weighted by molar-refractivity contribution is 6.30. The molecule has 0 amide bonds. The molecule has 1 aliphatic rings. The number of anilines is 1. The summed E-state index contributed by atoms with van der Waals surface area (Å²) in [5.41, 5.74) is 0.484. The van der Waals surface area contributed by atoms with Gasteiger partial charge in [-0.15, -0.1) is 0 Å². The molecule has 2 heterocycles. The third-order valence-corrected chi connectivity index (χ3v) is 2.09. The predicted octanol–water partition coefficient (Wildman–Crippen LogP) is -0.129. The van der Waals surface area contributed by atoms with Gasteiger partial charge in [-0.2, -0.15) is 0 Å². The van der Waals surface area contributed by atoms with E-state index in [0.29, 0.717) is 5.59 Å². The van der Waals surface area contributed by atoms with Crippen molar-refractivity contribution in [3.8, 4) is 0 Å². The molecule has 60 valence electrons. The molecule has 4 heteroatoms.